The fourth-order valence-electron chi connectivity index (χ4n) is 1.57. The summed E-state index contributed by atoms with van der Waals surface area (Å²) in [5, 5.41) is 27.3. The maximum Gasteiger partial charge on any atom is 0.337 e. The number of ketones is 1. The van der Waals surface area contributed by atoms with E-state index in [0.29, 0.717) is 5.56 Å². The Hall–Kier alpha value is -1.90. The van der Waals surface area contributed by atoms with E-state index in [9.17, 15) is 14.7 Å². The molecule has 18 heavy (non-hydrogen) atoms. The number of aliphatic hydroxyl groups excluding tert-OH is 1. The minimum atomic E-state index is -1.83. The van der Waals surface area contributed by atoms with E-state index in [0.717, 1.165) is 0 Å². The molecule has 0 amide bonds. The van der Waals surface area contributed by atoms with Crippen LogP contribution in [-0.4, -0.2) is 27.8 Å². The van der Waals surface area contributed by atoms with Crippen LogP contribution in [0.2, 0.25) is 0 Å². The Kier molecular flexibility index (Phi) is 4.84. The fourth-order valence-corrected chi connectivity index (χ4v) is 1.67. The molecule has 0 aliphatic heterocycles. The predicted molar refractivity (Wildman–Crippen MR) is 63.2 cm³/mol. The van der Waals surface area contributed by atoms with Gasteiger partial charge >= 0.3 is 5.97 Å². The SMILES string of the molecule is N#Cc1cccc(CC(=O)CCl)c1C(O)C(=O)O. The lowest BCUT2D eigenvalue weighted by Gasteiger charge is -2.13. The molecule has 0 bridgehead atoms. The van der Waals surface area contributed by atoms with Gasteiger partial charge in [0.2, 0.25) is 0 Å². The number of aliphatic hydroxyl groups is 1. The summed E-state index contributed by atoms with van der Waals surface area (Å²) in [5.74, 6) is -2.00. The first-order chi connectivity index (χ1) is 8.51. The first-order valence-corrected chi connectivity index (χ1v) is 5.55. The average molecular weight is 268 g/mol. The van der Waals surface area contributed by atoms with E-state index < -0.39 is 12.1 Å². The summed E-state index contributed by atoms with van der Waals surface area (Å²) in [6.45, 7) is 0. The van der Waals surface area contributed by atoms with E-state index >= 15 is 0 Å². The topological polar surface area (TPSA) is 98.4 Å². The molecule has 1 rings (SSSR count). The van der Waals surface area contributed by atoms with E-state index in [1.165, 1.54) is 18.2 Å². The van der Waals surface area contributed by atoms with Crippen molar-refractivity contribution in [2.45, 2.75) is 12.5 Å². The number of benzene rings is 1. The van der Waals surface area contributed by atoms with Gasteiger partial charge in [-0.05, 0) is 11.6 Å². The van der Waals surface area contributed by atoms with Crippen LogP contribution in [0, 0.1) is 11.3 Å². The number of halogens is 1. The first kappa shape index (κ1) is 14.2. The molecule has 0 heterocycles. The molecular formula is C12H10ClNO4. The summed E-state index contributed by atoms with van der Waals surface area (Å²) >= 11 is 5.38. The Bertz CT molecular complexity index is 521. The smallest absolute Gasteiger partial charge is 0.337 e. The van der Waals surface area contributed by atoms with Crippen LogP contribution in [0.3, 0.4) is 0 Å². The van der Waals surface area contributed by atoms with Gasteiger partial charge in [-0.2, -0.15) is 5.26 Å². The summed E-state index contributed by atoms with van der Waals surface area (Å²) in [6.07, 6.45) is -1.95. The first-order valence-electron chi connectivity index (χ1n) is 5.01. The Morgan fingerprint density at radius 2 is 2.11 bits per heavy atom. The maximum atomic E-state index is 11.3. The number of nitrogens with zero attached hydrogens (tertiary/aromatic N) is 1. The molecule has 1 aromatic rings. The highest BCUT2D eigenvalue weighted by molar-refractivity contribution is 6.27. The third-order valence-electron chi connectivity index (χ3n) is 2.36. The van der Waals surface area contributed by atoms with Crippen LogP contribution in [0.25, 0.3) is 0 Å². The maximum absolute atomic E-state index is 11.3. The molecule has 6 heteroatoms. The van der Waals surface area contributed by atoms with Gasteiger partial charge < -0.3 is 10.2 Å². The quantitative estimate of drug-likeness (QED) is 0.776. The van der Waals surface area contributed by atoms with Gasteiger partial charge in [0.15, 0.2) is 11.9 Å². The molecule has 0 spiro atoms. The molecular weight excluding hydrogens is 258 g/mol. The second-order valence-corrected chi connectivity index (χ2v) is 3.85. The molecule has 0 saturated heterocycles. The van der Waals surface area contributed by atoms with Crippen LogP contribution in [0.1, 0.15) is 22.8 Å². The van der Waals surface area contributed by atoms with Crippen LogP contribution >= 0.6 is 11.6 Å². The average Bonchev–Trinajstić information content (AvgIpc) is 2.37. The van der Waals surface area contributed by atoms with Crippen LogP contribution in [0.15, 0.2) is 18.2 Å². The summed E-state index contributed by atoms with van der Waals surface area (Å²) in [6, 6.07) is 6.19. The number of aliphatic carboxylic acids is 1. The van der Waals surface area contributed by atoms with Crippen molar-refractivity contribution in [3.63, 3.8) is 0 Å². The number of rotatable bonds is 5. The zero-order chi connectivity index (χ0) is 13.7. The number of alkyl halides is 1. The molecule has 0 aromatic heterocycles. The Morgan fingerprint density at radius 3 is 2.61 bits per heavy atom. The van der Waals surface area contributed by atoms with Crippen molar-refractivity contribution in [1.82, 2.24) is 0 Å². The molecule has 2 N–H and O–H groups in total. The van der Waals surface area contributed by atoms with Gasteiger partial charge in [0, 0.05) is 12.0 Å². The minimum Gasteiger partial charge on any atom is -0.479 e. The van der Waals surface area contributed by atoms with Crippen LogP contribution in [0.5, 0.6) is 0 Å². The standard InChI is InChI=1S/C12H10ClNO4/c13-5-9(15)4-7-2-1-3-8(6-14)10(7)11(16)12(17)18/h1-3,11,16H,4-5H2,(H,17,18). The monoisotopic (exact) mass is 267 g/mol. The molecule has 1 unspecified atom stereocenters. The molecule has 0 fully saturated rings. The highest BCUT2D eigenvalue weighted by atomic mass is 35.5. The number of hydrogen-bond donors (Lipinski definition) is 2. The van der Waals surface area contributed by atoms with Crippen molar-refractivity contribution < 1.29 is 19.8 Å². The summed E-state index contributed by atoms with van der Waals surface area (Å²) < 4.78 is 0. The third-order valence-corrected chi connectivity index (χ3v) is 2.66. The van der Waals surface area contributed by atoms with Gasteiger partial charge in [0.05, 0.1) is 17.5 Å². The Morgan fingerprint density at radius 1 is 1.44 bits per heavy atom. The zero-order valence-corrected chi connectivity index (χ0v) is 10.0. The molecule has 0 aliphatic carbocycles. The van der Waals surface area contributed by atoms with Crippen molar-refractivity contribution in [1.29, 1.82) is 5.26 Å². The van der Waals surface area contributed by atoms with Crippen LogP contribution < -0.4 is 0 Å². The number of carboxylic acids is 1. The van der Waals surface area contributed by atoms with Gasteiger partial charge in [-0.25, -0.2) is 4.79 Å². The van der Waals surface area contributed by atoms with E-state index in [-0.39, 0.29) is 29.2 Å². The number of carbonyl (C=O) groups excluding carboxylic acids is 1. The number of hydrogen-bond acceptors (Lipinski definition) is 4. The van der Waals surface area contributed by atoms with Gasteiger partial charge in [0.1, 0.15) is 0 Å². The van der Waals surface area contributed by atoms with Gasteiger partial charge in [-0.3, -0.25) is 4.79 Å². The lowest BCUT2D eigenvalue weighted by atomic mass is 9.94. The molecule has 1 atom stereocenters. The predicted octanol–water partition coefficient (Wildman–Crippen LogP) is 1.03. The van der Waals surface area contributed by atoms with Crippen molar-refractivity contribution >= 4 is 23.4 Å². The van der Waals surface area contributed by atoms with Crippen molar-refractivity contribution in [3.05, 3.63) is 34.9 Å². The highest BCUT2D eigenvalue weighted by Gasteiger charge is 2.23. The Labute approximate surface area is 108 Å². The van der Waals surface area contributed by atoms with Crippen LogP contribution in [-0.2, 0) is 16.0 Å². The number of carbonyl (C=O) groups is 2. The largest absolute Gasteiger partial charge is 0.479 e. The van der Waals surface area contributed by atoms with Crippen molar-refractivity contribution in [2.75, 3.05) is 5.88 Å². The molecule has 94 valence electrons. The molecule has 0 aliphatic rings. The summed E-state index contributed by atoms with van der Waals surface area (Å²) in [5.41, 5.74) is 0.283. The second kappa shape index (κ2) is 6.15. The molecule has 0 saturated carbocycles. The van der Waals surface area contributed by atoms with Gasteiger partial charge in [-0.15, -0.1) is 11.6 Å². The highest BCUT2D eigenvalue weighted by Crippen LogP contribution is 2.23. The molecule has 5 nitrogen and oxygen atoms in total. The normalized spacial score (nSPS) is 11.6. The lowest BCUT2D eigenvalue weighted by molar-refractivity contribution is -0.147. The van der Waals surface area contributed by atoms with E-state index in [1.54, 1.807) is 6.07 Å². The molecule has 0 radical (unpaired) electrons. The van der Waals surface area contributed by atoms with E-state index in [1.807, 2.05) is 0 Å². The van der Waals surface area contributed by atoms with Gasteiger partial charge in [-0.1, -0.05) is 12.1 Å². The second-order valence-electron chi connectivity index (χ2n) is 3.58. The minimum absolute atomic E-state index is 0.0322. The van der Waals surface area contributed by atoms with Gasteiger partial charge in [0.25, 0.3) is 0 Å². The number of carboxylic acid groups (broad SMARTS) is 1. The van der Waals surface area contributed by atoms with Crippen LogP contribution in [0.4, 0.5) is 0 Å². The fraction of sp³-hybridized carbons (Fsp3) is 0.250. The van der Waals surface area contributed by atoms with E-state index in [2.05, 4.69) is 0 Å². The number of nitriles is 1. The Balaban J connectivity index is 3.30. The summed E-state index contributed by atoms with van der Waals surface area (Å²) in [7, 11) is 0. The summed E-state index contributed by atoms with van der Waals surface area (Å²) in [4.78, 5) is 22.1. The lowest BCUT2D eigenvalue weighted by Crippen LogP contribution is -2.16. The van der Waals surface area contributed by atoms with Crippen molar-refractivity contribution in [3.8, 4) is 6.07 Å². The third kappa shape index (κ3) is 3.06. The van der Waals surface area contributed by atoms with Crippen molar-refractivity contribution in [2.24, 2.45) is 0 Å². The zero-order valence-electron chi connectivity index (χ0n) is 9.26. The number of Topliss-reactive ketones (excluding diaryl/α,β-unsaturated/α-hetero) is 1. The van der Waals surface area contributed by atoms with E-state index in [4.69, 9.17) is 22.0 Å². The molecule has 1 aromatic carbocycles.